The van der Waals surface area contributed by atoms with Gasteiger partial charge in [-0.1, -0.05) is 35.5 Å². The van der Waals surface area contributed by atoms with Crippen LogP contribution < -0.4 is 4.90 Å². The highest BCUT2D eigenvalue weighted by Gasteiger charge is 2.41. The highest BCUT2D eigenvalue weighted by Crippen LogP contribution is 2.42. The lowest BCUT2D eigenvalue weighted by Gasteiger charge is -2.15. The maximum atomic E-state index is 14.4. The van der Waals surface area contributed by atoms with E-state index in [0.29, 0.717) is 15.5 Å². The molecule has 3 aromatic rings. The summed E-state index contributed by atoms with van der Waals surface area (Å²) in [4.78, 5) is 38.4. The minimum atomic E-state index is -0.718. The molecule has 0 aromatic heterocycles. The van der Waals surface area contributed by atoms with Crippen LogP contribution in [0.5, 0.6) is 0 Å². The van der Waals surface area contributed by atoms with E-state index in [9.17, 15) is 24.1 Å². The molecule has 154 valence electrons. The number of amides is 2. The van der Waals surface area contributed by atoms with Crippen LogP contribution in [-0.4, -0.2) is 16.7 Å². The van der Waals surface area contributed by atoms with Crippen molar-refractivity contribution in [2.24, 2.45) is 0 Å². The Hall–Kier alpha value is -3.49. The summed E-state index contributed by atoms with van der Waals surface area (Å²) >= 11 is 6.96. The molecule has 0 saturated carbocycles. The van der Waals surface area contributed by atoms with Crippen molar-refractivity contribution in [3.63, 3.8) is 0 Å². The third-order valence-corrected chi connectivity index (χ3v) is 5.88. The van der Waals surface area contributed by atoms with Gasteiger partial charge < -0.3 is 0 Å². The zero-order valence-corrected chi connectivity index (χ0v) is 17.2. The summed E-state index contributed by atoms with van der Waals surface area (Å²) in [5.41, 5.74) is 0.0463. The predicted octanol–water partition coefficient (Wildman–Crippen LogP) is 5.46. The molecular weight excluding hydrogens is 443 g/mol. The molecule has 4 rings (SSSR count). The number of nitro benzene ring substituents is 1. The third-order valence-electron chi connectivity index (χ3n) is 4.54. The van der Waals surface area contributed by atoms with Gasteiger partial charge in [0.2, 0.25) is 0 Å². The smallest absolute Gasteiger partial charge is 0.268 e. The number of thioether (sulfide) groups is 1. The number of nitro groups is 1. The first-order chi connectivity index (χ1) is 14.9. The average Bonchev–Trinajstić information content (AvgIpc) is 3.00. The van der Waals surface area contributed by atoms with E-state index in [1.54, 1.807) is 24.3 Å². The third kappa shape index (κ3) is 3.95. The first kappa shape index (κ1) is 20.8. The van der Waals surface area contributed by atoms with E-state index in [1.165, 1.54) is 42.5 Å². The zero-order valence-electron chi connectivity index (χ0n) is 15.6. The van der Waals surface area contributed by atoms with Crippen LogP contribution in [0.4, 0.5) is 15.8 Å². The van der Waals surface area contributed by atoms with E-state index in [-0.39, 0.29) is 21.9 Å². The summed E-state index contributed by atoms with van der Waals surface area (Å²) in [6, 6.07) is 17.4. The van der Waals surface area contributed by atoms with Crippen LogP contribution in [-0.2, 0) is 9.59 Å². The largest absolute Gasteiger partial charge is 0.273 e. The van der Waals surface area contributed by atoms with Gasteiger partial charge in [0, 0.05) is 22.1 Å². The maximum Gasteiger partial charge on any atom is 0.273 e. The highest BCUT2D eigenvalue weighted by atomic mass is 35.5. The number of carbonyl (C=O) groups is 2. The Bertz CT molecular complexity index is 1240. The molecule has 0 bridgehead atoms. The van der Waals surface area contributed by atoms with E-state index >= 15 is 0 Å². The number of non-ortho nitro benzene ring substituents is 1. The van der Waals surface area contributed by atoms with Crippen molar-refractivity contribution < 1.29 is 18.9 Å². The SMILES string of the molecule is O=C1C(Sc2ccc(Cl)cc2)=C(c2ccc([N+](=O)[O-])cc2)C(=O)N1c1ccccc1F. The minimum absolute atomic E-state index is 0.0445. The van der Waals surface area contributed by atoms with Gasteiger partial charge in [-0.25, -0.2) is 9.29 Å². The molecule has 0 spiro atoms. The van der Waals surface area contributed by atoms with Gasteiger partial charge in [-0.05, 0) is 54.1 Å². The molecule has 0 fully saturated rings. The minimum Gasteiger partial charge on any atom is -0.268 e. The second-order valence-electron chi connectivity index (χ2n) is 6.46. The Morgan fingerprint density at radius 2 is 1.55 bits per heavy atom. The fourth-order valence-corrected chi connectivity index (χ4v) is 4.20. The Morgan fingerprint density at radius 3 is 2.16 bits per heavy atom. The van der Waals surface area contributed by atoms with Gasteiger partial charge in [0.15, 0.2) is 0 Å². The van der Waals surface area contributed by atoms with Crippen molar-refractivity contribution in [1.82, 2.24) is 0 Å². The summed E-state index contributed by atoms with van der Waals surface area (Å²) in [6.07, 6.45) is 0. The van der Waals surface area contributed by atoms with E-state index in [4.69, 9.17) is 11.6 Å². The number of anilines is 1. The van der Waals surface area contributed by atoms with Crippen molar-refractivity contribution in [2.45, 2.75) is 4.90 Å². The van der Waals surface area contributed by atoms with Gasteiger partial charge in [-0.2, -0.15) is 0 Å². The summed E-state index contributed by atoms with van der Waals surface area (Å²) in [5, 5.41) is 11.5. The molecule has 0 radical (unpaired) electrons. The van der Waals surface area contributed by atoms with Gasteiger partial charge in [0.1, 0.15) is 5.82 Å². The van der Waals surface area contributed by atoms with Crippen LogP contribution in [0.15, 0.2) is 82.6 Å². The number of nitrogens with zero attached hydrogens (tertiary/aromatic N) is 2. The molecule has 2 amide bonds. The Labute approximate surface area is 185 Å². The number of para-hydroxylation sites is 1. The molecular formula is C22H12ClFN2O4S. The summed E-state index contributed by atoms with van der Waals surface area (Å²) in [6.45, 7) is 0. The molecule has 0 unspecified atom stereocenters. The van der Waals surface area contributed by atoms with Crippen LogP contribution in [0.3, 0.4) is 0 Å². The molecule has 0 atom stereocenters. The number of benzene rings is 3. The monoisotopic (exact) mass is 454 g/mol. The number of hydrogen-bond acceptors (Lipinski definition) is 5. The standard InChI is InChI=1S/C22H12ClFN2O4S/c23-14-7-11-16(12-8-14)31-20-19(13-5-9-15(10-6-13)26(29)30)21(27)25(22(20)28)18-4-2-1-3-17(18)24/h1-12H. The molecule has 1 aliphatic heterocycles. The molecule has 0 aliphatic carbocycles. The van der Waals surface area contributed by atoms with Gasteiger partial charge in [0.05, 0.1) is 21.1 Å². The van der Waals surface area contributed by atoms with Gasteiger partial charge in [-0.15, -0.1) is 0 Å². The number of halogens is 2. The Morgan fingerprint density at radius 1 is 0.903 bits per heavy atom. The van der Waals surface area contributed by atoms with Crippen LogP contribution in [0.25, 0.3) is 5.57 Å². The lowest BCUT2D eigenvalue weighted by molar-refractivity contribution is -0.384. The molecule has 9 heteroatoms. The quantitative estimate of drug-likeness (QED) is 0.290. The lowest BCUT2D eigenvalue weighted by Crippen LogP contribution is -2.32. The van der Waals surface area contributed by atoms with Crippen LogP contribution in [0.2, 0.25) is 5.02 Å². The Kier molecular flexibility index (Phi) is 5.58. The summed E-state index contributed by atoms with van der Waals surface area (Å²) in [7, 11) is 0. The lowest BCUT2D eigenvalue weighted by atomic mass is 10.1. The van der Waals surface area contributed by atoms with E-state index in [2.05, 4.69) is 0 Å². The summed E-state index contributed by atoms with van der Waals surface area (Å²) < 4.78 is 14.4. The Balaban J connectivity index is 1.83. The van der Waals surface area contributed by atoms with Crippen molar-refractivity contribution in [3.05, 3.63) is 104 Å². The number of carbonyl (C=O) groups excluding carboxylic acids is 2. The molecule has 0 N–H and O–H groups in total. The number of rotatable bonds is 5. The molecule has 3 aromatic carbocycles. The van der Waals surface area contributed by atoms with Crippen molar-refractivity contribution >= 4 is 52.1 Å². The second kappa shape index (κ2) is 8.33. The van der Waals surface area contributed by atoms with Crippen molar-refractivity contribution in [3.8, 4) is 0 Å². The molecule has 1 aliphatic rings. The van der Waals surface area contributed by atoms with Crippen LogP contribution in [0.1, 0.15) is 5.56 Å². The van der Waals surface area contributed by atoms with E-state index < -0.39 is 22.6 Å². The molecule has 6 nitrogen and oxygen atoms in total. The molecule has 31 heavy (non-hydrogen) atoms. The second-order valence-corrected chi connectivity index (χ2v) is 7.98. The highest BCUT2D eigenvalue weighted by molar-refractivity contribution is 8.04. The zero-order chi connectivity index (χ0) is 22.1. The summed E-state index contributed by atoms with van der Waals surface area (Å²) in [5.74, 6) is -2.10. The van der Waals surface area contributed by atoms with Crippen molar-refractivity contribution in [1.29, 1.82) is 0 Å². The fraction of sp³-hybridized carbons (Fsp3) is 0. The molecule has 0 saturated heterocycles. The van der Waals surface area contributed by atoms with Crippen LogP contribution >= 0.6 is 23.4 Å². The number of hydrogen-bond donors (Lipinski definition) is 0. The van der Waals surface area contributed by atoms with Crippen LogP contribution in [0, 0.1) is 15.9 Å². The fourth-order valence-electron chi connectivity index (χ4n) is 3.08. The van der Waals surface area contributed by atoms with Gasteiger partial charge >= 0.3 is 0 Å². The van der Waals surface area contributed by atoms with E-state index in [1.807, 2.05) is 0 Å². The maximum absolute atomic E-state index is 14.4. The first-order valence-corrected chi connectivity index (χ1v) is 10.1. The first-order valence-electron chi connectivity index (χ1n) is 8.92. The predicted molar refractivity (Wildman–Crippen MR) is 116 cm³/mol. The normalized spacial score (nSPS) is 13.8. The number of imide groups is 1. The van der Waals surface area contributed by atoms with Crippen molar-refractivity contribution in [2.75, 3.05) is 4.90 Å². The topological polar surface area (TPSA) is 80.5 Å². The average molecular weight is 455 g/mol. The van der Waals surface area contributed by atoms with E-state index in [0.717, 1.165) is 22.7 Å². The van der Waals surface area contributed by atoms with Gasteiger partial charge in [-0.3, -0.25) is 19.7 Å². The molecule has 1 heterocycles. The van der Waals surface area contributed by atoms with Gasteiger partial charge in [0.25, 0.3) is 17.5 Å².